The van der Waals surface area contributed by atoms with Gasteiger partial charge < -0.3 is 15.4 Å². The molecule has 6 nitrogen and oxygen atoms in total. The number of hydrogen-bond donors (Lipinski definition) is 2. The highest BCUT2D eigenvalue weighted by Gasteiger charge is 2.27. The molecule has 124 valence electrons. The Labute approximate surface area is 140 Å². The lowest BCUT2D eigenvalue weighted by Gasteiger charge is -2.15. The maximum Gasteiger partial charge on any atom is 0.257 e. The fourth-order valence-electron chi connectivity index (χ4n) is 2.61. The van der Waals surface area contributed by atoms with Crippen molar-refractivity contribution in [1.29, 1.82) is 0 Å². The topological polar surface area (TPSA) is 80.3 Å². The van der Waals surface area contributed by atoms with Crippen molar-refractivity contribution in [3.63, 3.8) is 0 Å². The molecule has 2 N–H and O–H groups in total. The van der Waals surface area contributed by atoms with Gasteiger partial charge in [-0.1, -0.05) is 18.2 Å². The van der Waals surface area contributed by atoms with E-state index in [1.54, 1.807) is 6.07 Å². The third-order valence-corrected chi connectivity index (χ3v) is 3.85. The van der Waals surface area contributed by atoms with E-state index in [1.807, 2.05) is 6.92 Å². The van der Waals surface area contributed by atoms with Gasteiger partial charge in [-0.2, -0.15) is 0 Å². The number of halogens is 1. The minimum atomic E-state index is -0.274. The lowest BCUT2D eigenvalue weighted by Crippen LogP contribution is -2.36. The van der Waals surface area contributed by atoms with Crippen molar-refractivity contribution in [3.8, 4) is 5.88 Å². The summed E-state index contributed by atoms with van der Waals surface area (Å²) < 4.78 is 5.37. The molecule has 1 aliphatic rings. The molecule has 0 aromatic carbocycles. The van der Waals surface area contributed by atoms with Crippen LogP contribution in [-0.4, -0.2) is 35.5 Å². The van der Waals surface area contributed by atoms with Gasteiger partial charge in [-0.3, -0.25) is 9.59 Å². The monoisotopic (exact) mass is 337 g/mol. The summed E-state index contributed by atoms with van der Waals surface area (Å²) in [7, 11) is 0. The van der Waals surface area contributed by atoms with E-state index < -0.39 is 0 Å². The Morgan fingerprint density at radius 1 is 1.43 bits per heavy atom. The molecular formula is C16H20ClN3O3. The number of amides is 2. The van der Waals surface area contributed by atoms with Crippen molar-refractivity contribution in [3.05, 3.63) is 35.5 Å². The first kappa shape index (κ1) is 17.3. The van der Waals surface area contributed by atoms with Crippen LogP contribution in [-0.2, 0) is 4.79 Å². The summed E-state index contributed by atoms with van der Waals surface area (Å²) in [4.78, 5) is 27.8. The minimum absolute atomic E-state index is 0.00827. The third kappa shape index (κ3) is 4.69. The van der Waals surface area contributed by atoms with Crippen LogP contribution < -0.4 is 15.4 Å². The van der Waals surface area contributed by atoms with Gasteiger partial charge in [-0.15, -0.1) is 0 Å². The van der Waals surface area contributed by atoms with Crippen molar-refractivity contribution in [1.82, 2.24) is 15.6 Å². The summed E-state index contributed by atoms with van der Waals surface area (Å²) in [6.45, 7) is 5.66. The van der Waals surface area contributed by atoms with E-state index in [4.69, 9.17) is 16.3 Å². The molecule has 2 rings (SSSR count). The number of pyridine rings is 1. The zero-order chi connectivity index (χ0) is 16.8. The minimum Gasteiger partial charge on any atom is -0.477 e. The van der Waals surface area contributed by atoms with Gasteiger partial charge in [0.25, 0.3) is 5.91 Å². The number of carbonyl (C=O) groups is 2. The molecule has 0 bridgehead atoms. The van der Waals surface area contributed by atoms with Gasteiger partial charge in [0.05, 0.1) is 11.6 Å². The van der Waals surface area contributed by atoms with E-state index in [1.165, 1.54) is 12.3 Å². The molecule has 0 aliphatic heterocycles. The summed E-state index contributed by atoms with van der Waals surface area (Å²) in [5.41, 5.74) is 0.318. The fourth-order valence-corrected chi connectivity index (χ4v) is 2.77. The van der Waals surface area contributed by atoms with E-state index in [0.717, 1.165) is 12.8 Å². The predicted octanol–water partition coefficient (Wildman–Crippen LogP) is 2.09. The van der Waals surface area contributed by atoms with Crippen molar-refractivity contribution in [2.24, 2.45) is 0 Å². The average Bonchev–Trinajstić information content (AvgIpc) is 2.96. The second-order valence-corrected chi connectivity index (χ2v) is 5.77. The largest absolute Gasteiger partial charge is 0.477 e. The number of aromatic nitrogens is 1. The second kappa shape index (κ2) is 7.97. The molecule has 0 radical (unpaired) electrons. The van der Waals surface area contributed by atoms with Crippen LogP contribution in [0.2, 0.25) is 5.02 Å². The molecule has 0 spiro atoms. The summed E-state index contributed by atoms with van der Waals surface area (Å²) in [6, 6.07) is 1.58. The Bertz CT molecular complexity index is 606. The van der Waals surface area contributed by atoms with E-state index in [2.05, 4.69) is 22.2 Å². The number of carbonyl (C=O) groups excluding carboxylic acids is 2. The van der Waals surface area contributed by atoms with Gasteiger partial charge >= 0.3 is 0 Å². The second-order valence-electron chi connectivity index (χ2n) is 5.33. The van der Waals surface area contributed by atoms with Gasteiger partial charge in [-0.25, -0.2) is 4.98 Å². The van der Waals surface area contributed by atoms with Crippen molar-refractivity contribution in [2.45, 2.75) is 38.3 Å². The van der Waals surface area contributed by atoms with Crippen LogP contribution in [0.25, 0.3) is 0 Å². The Morgan fingerprint density at radius 3 is 2.78 bits per heavy atom. The molecule has 23 heavy (non-hydrogen) atoms. The van der Waals surface area contributed by atoms with E-state index in [9.17, 15) is 9.59 Å². The molecule has 0 saturated heterocycles. The standard InChI is InChI=1S/C16H20ClN3O3/c1-3-14(21)19-11-5-6-12(8-11)20-15(22)13-7-10(17)9-18-16(13)23-4-2/h3,7,9,11-12H,1,4-6,8H2,2H3,(H,19,21)(H,20,22)/t11-,12+/m1/s1. The third-order valence-electron chi connectivity index (χ3n) is 3.64. The highest BCUT2D eigenvalue weighted by molar-refractivity contribution is 6.30. The van der Waals surface area contributed by atoms with E-state index in [-0.39, 0.29) is 29.8 Å². The molecule has 2 atom stereocenters. The number of ether oxygens (including phenoxy) is 1. The van der Waals surface area contributed by atoms with Crippen LogP contribution >= 0.6 is 11.6 Å². The van der Waals surface area contributed by atoms with Crippen molar-refractivity contribution >= 4 is 23.4 Å². The highest BCUT2D eigenvalue weighted by Crippen LogP contribution is 2.23. The first-order chi connectivity index (χ1) is 11.0. The molecule has 1 heterocycles. The van der Waals surface area contributed by atoms with E-state index in [0.29, 0.717) is 23.6 Å². The lowest BCUT2D eigenvalue weighted by atomic mass is 10.2. The number of rotatable bonds is 6. The normalized spacial score (nSPS) is 19.9. The van der Waals surface area contributed by atoms with Gasteiger partial charge in [0.1, 0.15) is 5.56 Å². The summed E-state index contributed by atoms with van der Waals surface area (Å²) in [6.07, 6.45) is 4.99. The van der Waals surface area contributed by atoms with Crippen LogP contribution in [0.3, 0.4) is 0 Å². The van der Waals surface area contributed by atoms with Gasteiger partial charge in [0.15, 0.2) is 0 Å². The first-order valence-corrected chi connectivity index (χ1v) is 7.93. The molecule has 0 unspecified atom stereocenters. The Kier molecular flexibility index (Phi) is 5.98. The van der Waals surface area contributed by atoms with Gasteiger partial charge in [0, 0.05) is 18.3 Å². The highest BCUT2D eigenvalue weighted by atomic mass is 35.5. The van der Waals surface area contributed by atoms with Gasteiger partial charge in [-0.05, 0) is 38.3 Å². The molecule has 1 fully saturated rings. The van der Waals surface area contributed by atoms with Crippen molar-refractivity contribution in [2.75, 3.05) is 6.61 Å². The lowest BCUT2D eigenvalue weighted by molar-refractivity contribution is -0.117. The molecule has 1 saturated carbocycles. The van der Waals surface area contributed by atoms with Crippen LogP contribution in [0.1, 0.15) is 36.5 Å². The number of hydrogen-bond acceptors (Lipinski definition) is 4. The maximum absolute atomic E-state index is 12.4. The zero-order valence-corrected chi connectivity index (χ0v) is 13.7. The van der Waals surface area contributed by atoms with Crippen LogP contribution in [0.15, 0.2) is 24.9 Å². The average molecular weight is 338 g/mol. The first-order valence-electron chi connectivity index (χ1n) is 7.55. The molecule has 7 heteroatoms. The Hall–Kier alpha value is -2.08. The van der Waals surface area contributed by atoms with E-state index >= 15 is 0 Å². The van der Waals surface area contributed by atoms with Crippen LogP contribution in [0.5, 0.6) is 5.88 Å². The van der Waals surface area contributed by atoms with Crippen LogP contribution in [0, 0.1) is 0 Å². The number of nitrogens with zero attached hydrogens (tertiary/aromatic N) is 1. The quantitative estimate of drug-likeness (QED) is 0.779. The van der Waals surface area contributed by atoms with Gasteiger partial charge in [0.2, 0.25) is 11.8 Å². The number of nitrogens with one attached hydrogen (secondary N) is 2. The molecule has 1 aromatic rings. The Morgan fingerprint density at radius 2 is 2.13 bits per heavy atom. The molecule has 1 aromatic heterocycles. The molecule has 2 amide bonds. The molecule has 1 aliphatic carbocycles. The molecular weight excluding hydrogens is 318 g/mol. The maximum atomic E-state index is 12.4. The summed E-state index contributed by atoms with van der Waals surface area (Å²) in [5.74, 6) is -0.201. The van der Waals surface area contributed by atoms with Crippen LogP contribution in [0.4, 0.5) is 0 Å². The SMILES string of the molecule is C=CC(=O)N[C@@H]1CC[C@H](NC(=O)c2cc(Cl)cnc2OCC)C1. The van der Waals surface area contributed by atoms with Crippen molar-refractivity contribution < 1.29 is 14.3 Å². The Balaban J connectivity index is 1.99. The fraction of sp³-hybridized carbons (Fsp3) is 0.438. The zero-order valence-electron chi connectivity index (χ0n) is 13.0. The summed E-state index contributed by atoms with van der Waals surface area (Å²) in [5, 5.41) is 6.17. The smallest absolute Gasteiger partial charge is 0.257 e. The predicted molar refractivity (Wildman–Crippen MR) is 87.6 cm³/mol. The summed E-state index contributed by atoms with van der Waals surface area (Å²) >= 11 is 5.92.